The van der Waals surface area contributed by atoms with Crippen molar-refractivity contribution in [3.8, 4) is 0 Å². The van der Waals surface area contributed by atoms with Crippen LogP contribution < -0.4 is 0 Å². The standard InChI is InChI=1S/C17H26O4/c1-16(2,3)17(21-15(20)9-14(18)19)12-5-10-4-11(7-12)8-13(17)6-10/h10-13H,4-9H2,1-3H3,(H,18,19). The van der Waals surface area contributed by atoms with E-state index in [1.807, 2.05) is 0 Å². The number of esters is 1. The van der Waals surface area contributed by atoms with Crippen LogP contribution in [-0.4, -0.2) is 22.6 Å². The van der Waals surface area contributed by atoms with Crippen LogP contribution >= 0.6 is 0 Å². The third-order valence-electron chi connectivity index (χ3n) is 6.10. The van der Waals surface area contributed by atoms with Crippen molar-refractivity contribution in [2.75, 3.05) is 0 Å². The third kappa shape index (κ3) is 2.27. The predicted molar refractivity (Wildman–Crippen MR) is 77.6 cm³/mol. The maximum absolute atomic E-state index is 12.1. The van der Waals surface area contributed by atoms with Crippen molar-refractivity contribution in [2.24, 2.45) is 29.1 Å². The first-order valence-corrected chi connectivity index (χ1v) is 8.16. The van der Waals surface area contributed by atoms with E-state index in [0.29, 0.717) is 11.8 Å². The van der Waals surface area contributed by atoms with Gasteiger partial charge in [0.15, 0.2) is 0 Å². The van der Waals surface area contributed by atoms with E-state index in [-0.39, 0.29) is 5.41 Å². The first-order chi connectivity index (χ1) is 9.72. The van der Waals surface area contributed by atoms with E-state index in [2.05, 4.69) is 20.8 Å². The minimum absolute atomic E-state index is 0.149. The van der Waals surface area contributed by atoms with Crippen LogP contribution in [-0.2, 0) is 14.3 Å². The van der Waals surface area contributed by atoms with Gasteiger partial charge in [0.2, 0.25) is 0 Å². The Hall–Kier alpha value is -1.06. The van der Waals surface area contributed by atoms with E-state index < -0.39 is 24.0 Å². The van der Waals surface area contributed by atoms with Crippen molar-refractivity contribution in [1.82, 2.24) is 0 Å². The van der Waals surface area contributed by atoms with Crippen LogP contribution in [0.1, 0.15) is 59.3 Å². The van der Waals surface area contributed by atoms with Crippen LogP contribution in [0.3, 0.4) is 0 Å². The molecular formula is C17H26O4. The molecule has 4 aliphatic carbocycles. The lowest BCUT2D eigenvalue weighted by molar-refractivity contribution is -0.244. The fourth-order valence-electron chi connectivity index (χ4n) is 5.78. The summed E-state index contributed by atoms with van der Waals surface area (Å²) in [5.41, 5.74) is -0.614. The Bertz CT molecular complexity index is 432. The van der Waals surface area contributed by atoms with Crippen molar-refractivity contribution < 1.29 is 19.4 Å². The molecule has 1 N–H and O–H groups in total. The molecule has 4 aliphatic rings. The average Bonchev–Trinajstić information content (AvgIpc) is 2.30. The summed E-state index contributed by atoms with van der Waals surface area (Å²) in [6.45, 7) is 6.43. The number of hydrogen-bond acceptors (Lipinski definition) is 3. The highest BCUT2D eigenvalue weighted by molar-refractivity contribution is 5.90. The summed E-state index contributed by atoms with van der Waals surface area (Å²) in [5.74, 6) is 0.734. The van der Waals surface area contributed by atoms with Gasteiger partial charge in [0, 0.05) is 17.3 Å². The van der Waals surface area contributed by atoms with Gasteiger partial charge in [-0.15, -0.1) is 0 Å². The largest absolute Gasteiger partial charge is 0.481 e. The maximum Gasteiger partial charge on any atom is 0.317 e. The molecule has 4 saturated carbocycles. The van der Waals surface area contributed by atoms with Gasteiger partial charge in [-0.05, 0) is 43.9 Å². The molecule has 0 spiro atoms. The molecule has 0 aromatic rings. The summed E-state index contributed by atoms with van der Waals surface area (Å²) in [6, 6.07) is 0. The zero-order chi connectivity index (χ0) is 15.4. The van der Waals surface area contributed by atoms with Crippen molar-refractivity contribution in [1.29, 1.82) is 0 Å². The second kappa shape index (κ2) is 4.72. The number of aliphatic carboxylic acids is 1. The first kappa shape index (κ1) is 14.9. The molecule has 0 atom stereocenters. The molecule has 21 heavy (non-hydrogen) atoms. The van der Waals surface area contributed by atoms with Gasteiger partial charge in [0.05, 0.1) is 0 Å². The second-order valence-electron chi connectivity index (χ2n) is 8.39. The molecule has 0 unspecified atom stereocenters. The summed E-state index contributed by atoms with van der Waals surface area (Å²) >= 11 is 0. The highest BCUT2D eigenvalue weighted by Crippen LogP contribution is 2.64. The number of carbonyl (C=O) groups excluding carboxylic acids is 1. The molecule has 4 rings (SSSR count). The summed E-state index contributed by atoms with van der Waals surface area (Å²) in [7, 11) is 0. The SMILES string of the molecule is CC(C)(C)C1(OC(=O)CC(=O)O)C2CC3CC(C2)CC1C3. The number of ether oxygens (including phenoxy) is 1. The lowest BCUT2D eigenvalue weighted by atomic mass is 9.45. The molecule has 4 bridgehead atoms. The smallest absolute Gasteiger partial charge is 0.317 e. The molecule has 0 heterocycles. The van der Waals surface area contributed by atoms with Crippen LogP contribution in [0.5, 0.6) is 0 Å². The Labute approximate surface area is 126 Å². The monoisotopic (exact) mass is 294 g/mol. The highest BCUT2D eigenvalue weighted by atomic mass is 16.6. The van der Waals surface area contributed by atoms with Crippen molar-refractivity contribution in [3.63, 3.8) is 0 Å². The summed E-state index contributed by atoms with van der Waals surface area (Å²) < 4.78 is 5.97. The molecule has 0 saturated heterocycles. The number of carbonyl (C=O) groups is 2. The van der Waals surface area contributed by atoms with E-state index in [1.165, 1.54) is 6.42 Å². The predicted octanol–water partition coefficient (Wildman–Crippen LogP) is 3.25. The van der Waals surface area contributed by atoms with Gasteiger partial charge in [-0.1, -0.05) is 20.8 Å². The van der Waals surface area contributed by atoms with Gasteiger partial charge in [-0.25, -0.2) is 0 Å². The number of hydrogen-bond donors (Lipinski definition) is 1. The summed E-state index contributed by atoms with van der Waals surface area (Å²) in [5, 5.41) is 8.85. The molecular weight excluding hydrogens is 268 g/mol. The van der Waals surface area contributed by atoms with Gasteiger partial charge in [-0.3, -0.25) is 9.59 Å². The number of carboxylic acids is 1. The maximum atomic E-state index is 12.1. The number of rotatable bonds is 3. The third-order valence-corrected chi connectivity index (χ3v) is 6.10. The molecule has 0 aromatic heterocycles. The lowest BCUT2D eigenvalue weighted by Crippen LogP contribution is -2.65. The molecule has 4 heteroatoms. The fourth-order valence-corrected chi connectivity index (χ4v) is 5.78. The van der Waals surface area contributed by atoms with E-state index in [0.717, 1.165) is 37.5 Å². The van der Waals surface area contributed by atoms with Crippen molar-refractivity contribution in [2.45, 2.75) is 64.9 Å². The quantitative estimate of drug-likeness (QED) is 0.641. The summed E-state index contributed by atoms with van der Waals surface area (Å²) in [6.07, 6.45) is 5.39. The average molecular weight is 294 g/mol. The molecule has 0 aromatic carbocycles. The van der Waals surface area contributed by atoms with Crippen LogP contribution in [0.15, 0.2) is 0 Å². The highest BCUT2D eigenvalue weighted by Gasteiger charge is 2.64. The second-order valence-corrected chi connectivity index (χ2v) is 8.39. The van der Waals surface area contributed by atoms with Crippen LogP contribution in [0.4, 0.5) is 0 Å². The Morgan fingerprint density at radius 3 is 1.90 bits per heavy atom. The van der Waals surface area contributed by atoms with Gasteiger partial charge in [-0.2, -0.15) is 0 Å². The fraction of sp³-hybridized carbons (Fsp3) is 0.882. The molecule has 0 aliphatic heterocycles. The molecule has 0 amide bonds. The summed E-state index contributed by atoms with van der Waals surface area (Å²) in [4.78, 5) is 22.9. The normalized spacial score (nSPS) is 41.1. The van der Waals surface area contributed by atoms with Crippen LogP contribution in [0.2, 0.25) is 0 Å². The van der Waals surface area contributed by atoms with Gasteiger partial charge in [0.25, 0.3) is 0 Å². The Kier molecular flexibility index (Phi) is 3.34. The molecule has 118 valence electrons. The van der Waals surface area contributed by atoms with E-state index in [4.69, 9.17) is 9.84 Å². The Morgan fingerprint density at radius 2 is 1.52 bits per heavy atom. The van der Waals surface area contributed by atoms with Gasteiger partial charge < -0.3 is 9.84 Å². The van der Waals surface area contributed by atoms with Gasteiger partial charge >= 0.3 is 11.9 Å². The van der Waals surface area contributed by atoms with E-state index in [1.54, 1.807) is 0 Å². The van der Waals surface area contributed by atoms with E-state index >= 15 is 0 Å². The van der Waals surface area contributed by atoms with Crippen LogP contribution in [0, 0.1) is 29.1 Å². The lowest BCUT2D eigenvalue weighted by Gasteiger charge is -2.64. The number of carboxylic acid groups (broad SMARTS) is 1. The Balaban J connectivity index is 1.91. The molecule has 4 fully saturated rings. The zero-order valence-corrected chi connectivity index (χ0v) is 13.2. The van der Waals surface area contributed by atoms with E-state index in [9.17, 15) is 9.59 Å². The minimum atomic E-state index is -1.10. The van der Waals surface area contributed by atoms with Crippen LogP contribution in [0.25, 0.3) is 0 Å². The van der Waals surface area contributed by atoms with Crippen molar-refractivity contribution in [3.05, 3.63) is 0 Å². The topological polar surface area (TPSA) is 63.6 Å². The Morgan fingerprint density at radius 1 is 1.05 bits per heavy atom. The molecule has 4 nitrogen and oxygen atoms in total. The minimum Gasteiger partial charge on any atom is -0.481 e. The zero-order valence-electron chi connectivity index (χ0n) is 13.2. The van der Waals surface area contributed by atoms with Crippen molar-refractivity contribution >= 4 is 11.9 Å². The molecule has 0 radical (unpaired) electrons. The first-order valence-electron chi connectivity index (χ1n) is 8.16. The van der Waals surface area contributed by atoms with Gasteiger partial charge in [0.1, 0.15) is 12.0 Å².